The summed E-state index contributed by atoms with van der Waals surface area (Å²) in [4.78, 5) is 12.2. The third-order valence-electron chi connectivity index (χ3n) is 4.56. The molecule has 0 saturated heterocycles. The van der Waals surface area contributed by atoms with Gasteiger partial charge in [0, 0.05) is 0 Å². The first-order valence-electron chi connectivity index (χ1n) is 10.8. The average Bonchev–Trinajstić information content (AvgIpc) is 2.81. The molecule has 0 saturated carbocycles. The molecule has 0 aromatic heterocycles. The molecule has 0 aliphatic carbocycles. The average molecular weight is 511 g/mol. The molecule has 0 fully saturated rings. The number of halogens is 1. The minimum absolute atomic E-state index is 0.206. The van der Waals surface area contributed by atoms with Gasteiger partial charge in [0.15, 0.2) is 11.5 Å². The van der Waals surface area contributed by atoms with E-state index >= 15 is 0 Å². The summed E-state index contributed by atoms with van der Waals surface area (Å²) in [5.74, 6) is 1.80. The predicted molar refractivity (Wildman–Crippen MR) is 133 cm³/mol. The molecule has 33 heavy (non-hydrogen) atoms. The molecule has 172 valence electrons. The van der Waals surface area contributed by atoms with E-state index in [2.05, 4.69) is 26.5 Å². The summed E-state index contributed by atoms with van der Waals surface area (Å²) >= 11 is 3.56. The first-order chi connectivity index (χ1) is 16.1. The van der Waals surface area contributed by atoms with E-state index in [0.29, 0.717) is 31.3 Å². The van der Waals surface area contributed by atoms with Crippen LogP contribution in [0.2, 0.25) is 0 Å². The molecule has 0 bridgehead atoms. The van der Waals surface area contributed by atoms with Gasteiger partial charge in [-0.05, 0) is 70.7 Å². The van der Waals surface area contributed by atoms with Crippen molar-refractivity contribution >= 4 is 28.1 Å². The highest BCUT2D eigenvalue weighted by molar-refractivity contribution is 9.10. The van der Waals surface area contributed by atoms with E-state index in [-0.39, 0.29) is 12.3 Å². The molecule has 7 heteroatoms. The van der Waals surface area contributed by atoms with Gasteiger partial charge in [-0.2, -0.15) is 5.10 Å². The van der Waals surface area contributed by atoms with Crippen molar-refractivity contribution in [2.24, 2.45) is 5.10 Å². The Labute approximate surface area is 202 Å². The lowest BCUT2D eigenvalue weighted by Gasteiger charge is -2.14. The van der Waals surface area contributed by atoms with Crippen molar-refractivity contribution in [3.8, 4) is 17.2 Å². The Hall–Kier alpha value is -3.32. The zero-order valence-electron chi connectivity index (χ0n) is 18.7. The molecule has 0 atom stereocenters. The highest BCUT2D eigenvalue weighted by Gasteiger charge is 2.12. The summed E-state index contributed by atoms with van der Waals surface area (Å²) in [6.07, 6.45) is 1.80. The van der Waals surface area contributed by atoms with E-state index in [1.807, 2.05) is 80.6 Å². The van der Waals surface area contributed by atoms with Gasteiger partial charge in [0.1, 0.15) is 12.4 Å². The number of carbonyl (C=O) groups is 1. The molecular formula is C26H27BrN2O4. The molecule has 3 aromatic carbocycles. The second-order valence-electron chi connectivity index (χ2n) is 7.08. The fraction of sp³-hybridized carbons (Fsp3) is 0.231. The smallest absolute Gasteiger partial charge is 0.244 e. The summed E-state index contributed by atoms with van der Waals surface area (Å²) in [6.45, 7) is 5.37. The topological polar surface area (TPSA) is 69.2 Å². The lowest BCUT2D eigenvalue weighted by Crippen LogP contribution is -2.19. The van der Waals surface area contributed by atoms with Crippen molar-refractivity contribution in [1.29, 1.82) is 0 Å². The van der Waals surface area contributed by atoms with Crippen LogP contribution in [0, 0.1) is 0 Å². The molecule has 0 aliphatic heterocycles. The number of carbonyl (C=O) groups excluding carboxylic acids is 1. The Morgan fingerprint density at radius 1 is 0.939 bits per heavy atom. The summed E-state index contributed by atoms with van der Waals surface area (Å²) in [5, 5.41) is 4.08. The SMILES string of the molecule is CCOc1ccc(CC(=O)N/N=C/c2cc(Br)c(OCc3ccccc3)c(OCC)c2)cc1. The number of rotatable bonds is 11. The van der Waals surface area contributed by atoms with E-state index in [9.17, 15) is 4.79 Å². The highest BCUT2D eigenvalue weighted by Crippen LogP contribution is 2.37. The van der Waals surface area contributed by atoms with Crippen molar-refractivity contribution in [3.63, 3.8) is 0 Å². The summed E-state index contributed by atoms with van der Waals surface area (Å²) in [6, 6.07) is 21.1. The van der Waals surface area contributed by atoms with Gasteiger partial charge in [-0.15, -0.1) is 0 Å². The maximum absolute atomic E-state index is 12.2. The Morgan fingerprint density at radius 3 is 2.36 bits per heavy atom. The summed E-state index contributed by atoms with van der Waals surface area (Å²) < 4.78 is 17.9. The second-order valence-corrected chi connectivity index (χ2v) is 7.94. The first-order valence-corrected chi connectivity index (χ1v) is 11.5. The summed E-state index contributed by atoms with van der Waals surface area (Å²) in [5.41, 5.74) is 5.27. The largest absolute Gasteiger partial charge is 0.494 e. The van der Waals surface area contributed by atoms with Gasteiger partial charge in [0.05, 0.1) is 30.3 Å². The van der Waals surface area contributed by atoms with Crippen molar-refractivity contribution in [2.45, 2.75) is 26.9 Å². The number of ether oxygens (including phenoxy) is 3. The van der Waals surface area contributed by atoms with Crippen molar-refractivity contribution < 1.29 is 19.0 Å². The number of hydrogen-bond acceptors (Lipinski definition) is 5. The van der Waals surface area contributed by atoms with Crippen LogP contribution in [0.5, 0.6) is 17.2 Å². The number of nitrogens with zero attached hydrogens (tertiary/aromatic N) is 1. The first kappa shape index (κ1) is 24.3. The fourth-order valence-corrected chi connectivity index (χ4v) is 3.64. The molecule has 3 aromatic rings. The van der Waals surface area contributed by atoms with Gasteiger partial charge < -0.3 is 14.2 Å². The maximum Gasteiger partial charge on any atom is 0.244 e. The van der Waals surface area contributed by atoms with Crippen LogP contribution in [-0.4, -0.2) is 25.3 Å². The molecule has 0 heterocycles. The number of benzene rings is 3. The Balaban J connectivity index is 1.61. The minimum Gasteiger partial charge on any atom is -0.494 e. The molecule has 6 nitrogen and oxygen atoms in total. The molecule has 0 spiro atoms. The van der Waals surface area contributed by atoms with Crippen molar-refractivity contribution in [3.05, 3.63) is 87.9 Å². The van der Waals surface area contributed by atoms with Gasteiger partial charge in [-0.1, -0.05) is 42.5 Å². The van der Waals surface area contributed by atoms with E-state index in [1.54, 1.807) is 6.21 Å². The quantitative estimate of drug-likeness (QED) is 0.272. The Morgan fingerprint density at radius 2 is 1.67 bits per heavy atom. The molecule has 0 aliphatic rings. The van der Waals surface area contributed by atoms with E-state index < -0.39 is 0 Å². The van der Waals surface area contributed by atoms with Crippen molar-refractivity contribution in [1.82, 2.24) is 5.43 Å². The standard InChI is InChI=1S/C26H27BrN2O4/c1-3-31-22-12-10-19(11-13-22)16-25(30)29-28-17-21-14-23(27)26(24(15-21)32-4-2)33-18-20-8-6-5-7-9-20/h5-15,17H,3-4,16,18H2,1-2H3,(H,29,30)/b28-17+. The molecule has 3 rings (SSSR count). The van der Waals surface area contributed by atoms with Crippen LogP contribution < -0.4 is 19.6 Å². The lowest BCUT2D eigenvalue weighted by molar-refractivity contribution is -0.120. The van der Waals surface area contributed by atoms with E-state index in [4.69, 9.17) is 14.2 Å². The lowest BCUT2D eigenvalue weighted by atomic mass is 10.1. The fourth-order valence-electron chi connectivity index (χ4n) is 3.07. The minimum atomic E-state index is -0.206. The van der Waals surface area contributed by atoms with Gasteiger partial charge in [0.2, 0.25) is 5.91 Å². The molecule has 1 amide bonds. The van der Waals surface area contributed by atoms with Crippen molar-refractivity contribution in [2.75, 3.05) is 13.2 Å². The number of hydrogen-bond donors (Lipinski definition) is 1. The van der Waals surface area contributed by atoms with E-state index in [0.717, 1.165) is 26.9 Å². The highest BCUT2D eigenvalue weighted by atomic mass is 79.9. The monoisotopic (exact) mass is 510 g/mol. The Kier molecular flexibility index (Phi) is 9.32. The van der Waals surface area contributed by atoms with Crippen LogP contribution in [0.15, 0.2) is 76.3 Å². The maximum atomic E-state index is 12.2. The van der Waals surface area contributed by atoms with Gasteiger partial charge in [-0.25, -0.2) is 5.43 Å². The normalized spacial score (nSPS) is 10.8. The van der Waals surface area contributed by atoms with Crippen LogP contribution in [0.1, 0.15) is 30.5 Å². The molecular weight excluding hydrogens is 484 g/mol. The molecule has 1 N–H and O–H groups in total. The molecule has 0 radical (unpaired) electrons. The van der Waals surface area contributed by atoms with E-state index in [1.165, 1.54) is 0 Å². The van der Waals surface area contributed by atoms with Gasteiger partial charge >= 0.3 is 0 Å². The zero-order chi connectivity index (χ0) is 23.5. The van der Waals surface area contributed by atoms with Crippen LogP contribution in [0.4, 0.5) is 0 Å². The number of nitrogens with one attached hydrogen (secondary N) is 1. The number of hydrazone groups is 1. The van der Waals surface area contributed by atoms with Crippen LogP contribution in [0.3, 0.4) is 0 Å². The number of amides is 1. The van der Waals surface area contributed by atoms with Crippen LogP contribution in [0.25, 0.3) is 0 Å². The van der Waals surface area contributed by atoms with Gasteiger partial charge in [0.25, 0.3) is 0 Å². The third-order valence-corrected chi connectivity index (χ3v) is 5.15. The third kappa shape index (κ3) is 7.64. The predicted octanol–water partition coefficient (Wildman–Crippen LogP) is 5.52. The second kappa shape index (κ2) is 12.6. The van der Waals surface area contributed by atoms with Gasteiger partial charge in [-0.3, -0.25) is 4.79 Å². The zero-order valence-corrected chi connectivity index (χ0v) is 20.3. The van der Waals surface area contributed by atoms with Crippen LogP contribution in [-0.2, 0) is 17.8 Å². The summed E-state index contributed by atoms with van der Waals surface area (Å²) in [7, 11) is 0. The Bertz CT molecular complexity index is 1070. The van der Waals surface area contributed by atoms with Crippen LogP contribution >= 0.6 is 15.9 Å². The molecule has 0 unspecified atom stereocenters.